The number of nitriles is 3. The second kappa shape index (κ2) is 6.56. The molecule has 0 aliphatic carbocycles. The fourth-order valence-electron chi connectivity index (χ4n) is 4.69. The Bertz CT molecular complexity index is 1130. The third-order valence-electron chi connectivity index (χ3n) is 5.98. The van der Waals surface area contributed by atoms with Crippen LogP contribution in [0, 0.1) is 50.2 Å². The molecule has 2 aromatic rings. The minimum Gasteiger partial charge on any atom is -0.496 e. The molecule has 0 spiro atoms. The van der Waals surface area contributed by atoms with Gasteiger partial charge in [0.05, 0.1) is 31.2 Å². The SMILES string of the molecule is COc1ccccc1C1C2(C)OC(=N)C1(C#N)C(C#N)(C#N)C(c1ccncc1)O2. The Labute approximate surface area is 173 Å². The highest BCUT2D eigenvalue weighted by molar-refractivity contribution is 5.90. The van der Waals surface area contributed by atoms with Gasteiger partial charge >= 0.3 is 0 Å². The summed E-state index contributed by atoms with van der Waals surface area (Å²) in [5.74, 6) is -2.45. The molecule has 2 aliphatic heterocycles. The standard InChI is InChI=1S/C22H17N5O3/c1-20-17(15-5-3-4-6-16(15)28-2)22(13-25,19(26)30-20)21(11-23,12-24)18(29-20)14-7-9-27-10-8-14/h3-10,17-18,26H,1-2H3. The van der Waals surface area contributed by atoms with Crippen molar-refractivity contribution in [2.24, 2.45) is 10.8 Å². The molecule has 30 heavy (non-hydrogen) atoms. The zero-order valence-corrected chi connectivity index (χ0v) is 16.3. The van der Waals surface area contributed by atoms with Crippen LogP contribution >= 0.6 is 0 Å². The first-order valence-electron chi connectivity index (χ1n) is 9.16. The number of nitrogens with one attached hydrogen (secondary N) is 1. The predicted molar refractivity (Wildman–Crippen MR) is 103 cm³/mol. The van der Waals surface area contributed by atoms with Crippen molar-refractivity contribution in [3.63, 3.8) is 0 Å². The van der Waals surface area contributed by atoms with Gasteiger partial charge in [-0.05, 0) is 23.8 Å². The summed E-state index contributed by atoms with van der Waals surface area (Å²) >= 11 is 0. The van der Waals surface area contributed by atoms with E-state index in [4.69, 9.17) is 19.6 Å². The zero-order chi connectivity index (χ0) is 21.6. The lowest BCUT2D eigenvalue weighted by Gasteiger charge is -2.49. The summed E-state index contributed by atoms with van der Waals surface area (Å²) < 4.78 is 17.6. The van der Waals surface area contributed by atoms with Gasteiger partial charge in [-0.2, -0.15) is 15.8 Å². The molecular formula is C22H17N5O3. The van der Waals surface area contributed by atoms with Crippen LogP contribution in [0.15, 0.2) is 48.8 Å². The summed E-state index contributed by atoms with van der Waals surface area (Å²) in [6.07, 6.45) is 1.90. The minimum absolute atomic E-state index is 0.447. The van der Waals surface area contributed by atoms with Crippen molar-refractivity contribution in [2.75, 3.05) is 7.11 Å². The smallest absolute Gasteiger partial charge is 0.219 e. The van der Waals surface area contributed by atoms with Crippen LogP contribution in [-0.4, -0.2) is 23.8 Å². The molecular weight excluding hydrogens is 382 g/mol. The van der Waals surface area contributed by atoms with E-state index in [1.807, 2.05) is 12.1 Å². The number of ether oxygens (including phenoxy) is 3. The second-order valence-corrected chi connectivity index (χ2v) is 7.35. The molecule has 4 unspecified atom stereocenters. The lowest BCUT2D eigenvalue weighted by atomic mass is 9.52. The van der Waals surface area contributed by atoms with E-state index < -0.39 is 34.5 Å². The number of hydrogen-bond acceptors (Lipinski definition) is 8. The van der Waals surface area contributed by atoms with Crippen molar-refractivity contribution in [3.8, 4) is 24.0 Å². The molecule has 1 N–H and O–H groups in total. The number of fused-ring (bicyclic) bond motifs is 2. The highest BCUT2D eigenvalue weighted by atomic mass is 16.7. The maximum Gasteiger partial charge on any atom is 0.219 e. The van der Waals surface area contributed by atoms with Crippen molar-refractivity contribution in [1.29, 1.82) is 21.2 Å². The van der Waals surface area contributed by atoms with E-state index in [2.05, 4.69) is 11.1 Å². The molecule has 3 heterocycles. The van der Waals surface area contributed by atoms with Gasteiger partial charge in [0.15, 0.2) is 5.41 Å². The van der Waals surface area contributed by atoms with E-state index >= 15 is 0 Å². The van der Waals surface area contributed by atoms with Gasteiger partial charge in [0.1, 0.15) is 11.9 Å². The Balaban J connectivity index is 2.07. The molecule has 2 aliphatic rings. The summed E-state index contributed by atoms with van der Waals surface area (Å²) in [7, 11) is 1.49. The van der Waals surface area contributed by atoms with Crippen LogP contribution in [0.2, 0.25) is 0 Å². The number of benzene rings is 1. The summed E-state index contributed by atoms with van der Waals surface area (Å²) in [6, 6.07) is 16.4. The van der Waals surface area contributed by atoms with Gasteiger partial charge in [0.2, 0.25) is 17.1 Å². The lowest BCUT2D eigenvalue weighted by molar-refractivity contribution is -0.253. The van der Waals surface area contributed by atoms with E-state index in [0.717, 1.165) is 0 Å². The third-order valence-corrected chi connectivity index (χ3v) is 5.98. The molecule has 4 rings (SSSR count). The van der Waals surface area contributed by atoms with Crippen LogP contribution in [0.1, 0.15) is 30.1 Å². The second-order valence-electron chi connectivity index (χ2n) is 7.35. The molecule has 0 amide bonds. The van der Waals surface area contributed by atoms with Gasteiger partial charge in [-0.15, -0.1) is 0 Å². The monoisotopic (exact) mass is 399 g/mol. The Kier molecular flexibility index (Phi) is 4.24. The van der Waals surface area contributed by atoms with Crippen molar-refractivity contribution in [2.45, 2.75) is 24.7 Å². The van der Waals surface area contributed by atoms with Gasteiger partial charge in [0, 0.05) is 24.9 Å². The van der Waals surface area contributed by atoms with Crippen LogP contribution in [0.4, 0.5) is 0 Å². The highest BCUT2D eigenvalue weighted by Crippen LogP contribution is 2.70. The van der Waals surface area contributed by atoms with Crippen molar-refractivity contribution in [3.05, 3.63) is 59.9 Å². The molecule has 2 saturated heterocycles. The Hall–Kier alpha value is -3.93. The summed E-state index contributed by atoms with van der Waals surface area (Å²) in [5, 5.41) is 39.6. The molecule has 8 heteroatoms. The van der Waals surface area contributed by atoms with Crippen molar-refractivity contribution < 1.29 is 14.2 Å². The number of pyridine rings is 1. The van der Waals surface area contributed by atoms with Gasteiger partial charge in [0.25, 0.3) is 0 Å². The minimum atomic E-state index is -2.05. The van der Waals surface area contributed by atoms with E-state index in [1.54, 1.807) is 43.3 Å². The van der Waals surface area contributed by atoms with Crippen LogP contribution in [-0.2, 0) is 9.47 Å². The summed E-state index contributed by atoms with van der Waals surface area (Å²) in [6.45, 7) is 1.62. The predicted octanol–water partition coefficient (Wildman–Crippen LogP) is 3.21. The fourth-order valence-corrected chi connectivity index (χ4v) is 4.69. The first-order valence-corrected chi connectivity index (χ1v) is 9.16. The summed E-state index contributed by atoms with van der Waals surface area (Å²) in [5.41, 5.74) is -2.96. The largest absolute Gasteiger partial charge is 0.496 e. The normalized spacial score (nSPS) is 31.0. The molecule has 148 valence electrons. The van der Waals surface area contributed by atoms with Crippen molar-refractivity contribution in [1.82, 2.24) is 4.98 Å². The highest BCUT2D eigenvalue weighted by Gasteiger charge is 2.80. The van der Waals surface area contributed by atoms with E-state index in [1.165, 1.54) is 19.5 Å². The molecule has 0 saturated carbocycles. The topological polar surface area (TPSA) is 136 Å². The fraction of sp³-hybridized carbons (Fsp3) is 0.318. The van der Waals surface area contributed by atoms with E-state index in [9.17, 15) is 15.8 Å². The number of aromatic nitrogens is 1. The van der Waals surface area contributed by atoms with E-state index in [-0.39, 0.29) is 0 Å². The molecule has 4 atom stereocenters. The van der Waals surface area contributed by atoms with Gasteiger partial charge < -0.3 is 14.2 Å². The third kappa shape index (κ3) is 2.16. The molecule has 1 aromatic heterocycles. The average molecular weight is 399 g/mol. The Morgan fingerprint density at radius 3 is 2.33 bits per heavy atom. The Morgan fingerprint density at radius 1 is 1.07 bits per heavy atom. The number of rotatable bonds is 3. The van der Waals surface area contributed by atoms with Gasteiger partial charge in [-0.1, -0.05) is 18.2 Å². The number of para-hydroxylation sites is 1. The maximum absolute atomic E-state index is 10.4. The van der Waals surface area contributed by atoms with Crippen LogP contribution in [0.3, 0.4) is 0 Å². The van der Waals surface area contributed by atoms with E-state index in [0.29, 0.717) is 16.9 Å². The van der Waals surface area contributed by atoms with Crippen LogP contribution < -0.4 is 4.74 Å². The molecule has 2 fully saturated rings. The van der Waals surface area contributed by atoms with Crippen LogP contribution in [0.25, 0.3) is 0 Å². The number of methoxy groups -OCH3 is 1. The average Bonchev–Trinajstić information content (AvgIpc) is 2.96. The van der Waals surface area contributed by atoms with Crippen LogP contribution in [0.5, 0.6) is 5.75 Å². The summed E-state index contributed by atoms with van der Waals surface area (Å²) in [4.78, 5) is 3.97. The zero-order valence-electron chi connectivity index (χ0n) is 16.3. The lowest BCUT2D eigenvalue weighted by Crippen LogP contribution is -2.57. The molecule has 2 bridgehead atoms. The quantitative estimate of drug-likeness (QED) is 0.837. The van der Waals surface area contributed by atoms with Crippen molar-refractivity contribution >= 4 is 5.90 Å². The molecule has 0 radical (unpaired) electrons. The number of hydrogen-bond donors (Lipinski definition) is 1. The number of nitrogens with zero attached hydrogens (tertiary/aromatic N) is 4. The first kappa shape index (κ1) is 19.4. The Morgan fingerprint density at radius 2 is 1.73 bits per heavy atom. The van der Waals surface area contributed by atoms with Gasteiger partial charge in [-0.25, -0.2) is 0 Å². The first-order chi connectivity index (χ1) is 14.4. The van der Waals surface area contributed by atoms with Gasteiger partial charge in [-0.3, -0.25) is 10.4 Å². The molecule has 1 aromatic carbocycles. The molecule has 8 nitrogen and oxygen atoms in total. The maximum atomic E-state index is 10.4.